The van der Waals surface area contributed by atoms with Crippen molar-refractivity contribution in [1.82, 2.24) is 0 Å². The van der Waals surface area contributed by atoms with Crippen LogP contribution in [0.25, 0.3) is 0 Å². The van der Waals surface area contributed by atoms with Crippen molar-refractivity contribution in [3.63, 3.8) is 0 Å². The summed E-state index contributed by atoms with van der Waals surface area (Å²) in [6, 6.07) is 5.90. The van der Waals surface area contributed by atoms with E-state index in [4.69, 9.17) is 4.74 Å². The zero-order valence-electron chi connectivity index (χ0n) is 12.2. The molecular formula is C16H24O2. The minimum absolute atomic E-state index is 0.193. The standard InChI is InChI=1S/C16H24O2/c1-10-9-11(18-6)7-8-12(10)13(17)14-15(2,3)16(14,4)5/h7-9,13-14,17H,1-6H3. The monoisotopic (exact) mass is 248 g/mol. The summed E-state index contributed by atoms with van der Waals surface area (Å²) in [5.74, 6) is 1.16. The van der Waals surface area contributed by atoms with E-state index >= 15 is 0 Å². The van der Waals surface area contributed by atoms with Gasteiger partial charge in [0.25, 0.3) is 0 Å². The molecule has 100 valence electrons. The van der Waals surface area contributed by atoms with Crippen molar-refractivity contribution < 1.29 is 9.84 Å². The Morgan fingerprint density at radius 1 is 1.17 bits per heavy atom. The molecule has 2 nitrogen and oxygen atoms in total. The highest BCUT2D eigenvalue weighted by Crippen LogP contribution is 2.72. The highest BCUT2D eigenvalue weighted by molar-refractivity contribution is 5.38. The first kappa shape index (κ1) is 13.4. The van der Waals surface area contributed by atoms with E-state index in [2.05, 4.69) is 27.7 Å². The van der Waals surface area contributed by atoms with Gasteiger partial charge in [-0.1, -0.05) is 33.8 Å². The Bertz CT molecular complexity index is 446. The summed E-state index contributed by atoms with van der Waals surface area (Å²) >= 11 is 0. The van der Waals surface area contributed by atoms with Gasteiger partial charge in [0.05, 0.1) is 13.2 Å². The lowest BCUT2D eigenvalue weighted by atomic mass is 9.95. The smallest absolute Gasteiger partial charge is 0.119 e. The van der Waals surface area contributed by atoms with Gasteiger partial charge in [-0.05, 0) is 41.0 Å². The topological polar surface area (TPSA) is 29.5 Å². The van der Waals surface area contributed by atoms with Gasteiger partial charge in [-0.3, -0.25) is 0 Å². The fraction of sp³-hybridized carbons (Fsp3) is 0.625. The largest absolute Gasteiger partial charge is 0.497 e. The molecule has 1 aliphatic carbocycles. The number of aliphatic hydroxyl groups excluding tert-OH is 1. The quantitative estimate of drug-likeness (QED) is 0.883. The summed E-state index contributed by atoms with van der Waals surface area (Å²) < 4.78 is 5.21. The van der Waals surface area contributed by atoms with E-state index in [-0.39, 0.29) is 16.9 Å². The molecule has 0 spiro atoms. The van der Waals surface area contributed by atoms with Crippen molar-refractivity contribution >= 4 is 0 Å². The van der Waals surface area contributed by atoms with Gasteiger partial charge in [-0.25, -0.2) is 0 Å². The van der Waals surface area contributed by atoms with Crippen LogP contribution in [-0.2, 0) is 0 Å². The zero-order chi connectivity index (χ0) is 13.7. The SMILES string of the molecule is COc1ccc(C(O)C2C(C)(C)C2(C)C)c(C)c1. The molecule has 2 rings (SSSR count). The molecule has 1 saturated carbocycles. The number of hydrogen-bond donors (Lipinski definition) is 1. The van der Waals surface area contributed by atoms with Crippen molar-refractivity contribution in [2.45, 2.75) is 40.7 Å². The lowest BCUT2D eigenvalue weighted by Crippen LogP contribution is -2.07. The number of aryl methyl sites for hydroxylation is 1. The van der Waals surface area contributed by atoms with E-state index < -0.39 is 0 Å². The molecule has 1 aliphatic rings. The average molecular weight is 248 g/mol. The molecule has 1 atom stereocenters. The fourth-order valence-electron chi connectivity index (χ4n) is 3.32. The molecule has 0 aliphatic heterocycles. The molecule has 1 unspecified atom stereocenters. The molecule has 1 aromatic carbocycles. The predicted molar refractivity (Wildman–Crippen MR) is 73.7 cm³/mol. The van der Waals surface area contributed by atoms with E-state index in [9.17, 15) is 5.11 Å². The molecule has 2 heteroatoms. The van der Waals surface area contributed by atoms with Crippen molar-refractivity contribution in [3.8, 4) is 5.75 Å². The van der Waals surface area contributed by atoms with Crippen molar-refractivity contribution in [1.29, 1.82) is 0 Å². The summed E-state index contributed by atoms with van der Waals surface area (Å²) in [5, 5.41) is 10.6. The van der Waals surface area contributed by atoms with Crippen molar-refractivity contribution in [3.05, 3.63) is 29.3 Å². The van der Waals surface area contributed by atoms with Crippen LogP contribution in [-0.4, -0.2) is 12.2 Å². The van der Waals surface area contributed by atoms with Crippen molar-refractivity contribution in [2.24, 2.45) is 16.7 Å². The second-order valence-corrected chi connectivity index (χ2v) is 6.59. The first-order chi connectivity index (χ1) is 8.23. The van der Waals surface area contributed by atoms with Gasteiger partial charge in [-0.2, -0.15) is 0 Å². The van der Waals surface area contributed by atoms with E-state index in [1.54, 1.807) is 7.11 Å². The maximum Gasteiger partial charge on any atom is 0.119 e. The Morgan fingerprint density at radius 2 is 1.72 bits per heavy atom. The fourth-order valence-corrected chi connectivity index (χ4v) is 3.32. The van der Waals surface area contributed by atoms with Gasteiger partial charge in [0.1, 0.15) is 5.75 Å². The summed E-state index contributed by atoms with van der Waals surface area (Å²) in [7, 11) is 1.66. The van der Waals surface area contributed by atoms with E-state index in [0.29, 0.717) is 5.92 Å². The number of methoxy groups -OCH3 is 1. The summed E-state index contributed by atoms with van der Waals surface area (Å²) in [4.78, 5) is 0. The summed E-state index contributed by atoms with van der Waals surface area (Å²) in [5.41, 5.74) is 2.51. The van der Waals surface area contributed by atoms with Gasteiger partial charge >= 0.3 is 0 Å². The van der Waals surface area contributed by atoms with Crippen LogP contribution in [0.2, 0.25) is 0 Å². The molecule has 0 radical (unpaired) electrons. The Balaban J connectivity index is 2.29. The van der Waals surface area contributed by atoms with Gasteiger partial charge in [0, 0.05) is 5.92 Å². The predicted octanol–water partition coefficient (Wildman–Crippen LogP) is 3.72. The molecule has 1 fully saturated rings. The second-order valence-electron chi connectivity index (χ2n) is 6.59. The van der Waals surface area contributed by atoms with Crippen LogP contribution in [0.15, 0.2) is 18.2 Å². The molecule has 1 N–H and O–H groups in total. The highest BCUT2D eigenvalue weighted by atomic mass is 16.5. The van der Waals surface area contributed by atoms with E-state index in [1.807, 2.05) is 25.1 Å². The second kappa shape index (κ2) is 3.99. The molecule has 0 heterocycles. The van der Waals surface area contributed by atoms with Gasteiger partial charge < -0.3 is 9.84 Å². The number of hydrogen-bond acceptors (Lipinski definition) is 2. The van der Waals surface area contributed by atoms with Crippen molar-refractivity contribution in [2.75, 3.05) is 7.11 Å². The van der Waals surface area contributed by atoms with E-state index in [0.717, 1.165) is 16.9 Å². The number of benzene rings is 1. The molecule has 0 amide bonds. The van der Waals surface area contributed by atoms with Crippen LogP contribution in [0.4, 0.5) is 0 Å². The summed E-state index contributed by atoms with van der Waals surface area (Å²) in [6.45, 7) is 11.0. The molecule has 18 heavy (non-hydrogen) atoms. The Labute approximate surface area is 110 Å². The lowest BCUT2D eigenvalue weighted by molar-refractivity contribution is 0.130. The van der Waals surface area contributed by atoms with Gasteiger partial charge in [0.15, 0.2) is 0 Å². The third-order valence-electron chi connectivity index (χ3n) is 5.24. The third-order valence-corrected chi connectivity index (χ3v) is 5.24. The Kier molecular flexibility index (Phi) is 2.97. The minimum atomic E-state index is -0.388. The van der Waals surface area contributed by atoms with Crippen LogP contribution >= 0.6 is 0 Å². The minimum Gasteiger partial charge on any atom is -0.497 e. The van der Waals surface area contributed by atoms with Crippen LogP contribution < -0.4 is 4.74 Å². The highest BCUT2D eigenvalue weighted by Gasteiger charge is 2.67. The first-order valence-corrected chi connectivity index (χ1v) is 6.56. The normalized spacial score (nSPS) is 22.6. The maximum atomic E-state index is 10.6. The van der Waals surface area contributed by atoms with Gasteiger partial charge in [0.2, 0.25) is 0 Å². The van der Waals surface area contributed by atoms with Gasteiger partial charge in [-0.15, -0.1) is 0 Å². The summed E-state index contributed by atoms with van der Waals surface area (Å²) in [6.07, 6.45) is -0.388. The Hall–Kier alpha value is -1.02. The third kappa shape index (κ3) is 1.74. The molecule has 1 aromatic rings. The van der Waals surface area contributed by atoms with Crippen LogP contribution in [0.1, 0.15) is 44.9 Å². The zero-order valence-corrected chi connectivity index (χ0v) is 12.2. The van der Waals surface area contributed by atoms with Crippen LogP contribution in [0, 0.1) is 23.7 Å². The first-order valence-electron chi connectivity index (χ1n) is 6.56. The van der Waals surface area contributed by atoms with E-state index in [1.165, 1.54) is 0 Å². The molecule has 0 aromatic heterocycles. The average Bonchev–Trinajstić information content (AvgIpc) is 2.68. The number of aliphatic hydroxyl groups is 1. The Morgan fingerprint density at radius 3 is 2.11 bits per heavy atom. The lowest BCUT2D eigenvalue weighted by Gasteiger charge is -2.16. The molecule has 0 bridgehead atoms. The van der Waals surface area contributed by atoms with Crippen LogP contribution in [0.3, 0.4) is 0 Å². The number of ether oxygens (including phenoxy) is 1. The van der Waals surface area contributed by atoms with Crippen LogP contribution in [0.5, 0.6) is 5.75 Å². The molecule has 0 saturated heterocycles. The maximum absolute atomic E-state index is 10.6. The molecular weight excluding hydrogens is 224 g/mol. The number of rotatable bonds is 3.